The number of ketones is 1. The molecule has 0 bridgehead atoms. The van der Waals surface area contributed by atoms with Crippen LogP contribution in [-0.4, -0.2) is 47.7 Å². The highest BCUT2D eigenvalue weighted by atomic mass is 35.5. The molecule has 2 aromatic carbocycles. The average molecular weight is 450 g/mol. The van der Waals surface area contributed by atoms with E-state index in [4.69, 9.17) is 11.6 Å². The van der Waals surface area contributed by atoms with Crippen molar-refractivity contribution in [2.45, 2.75) is 18.5 Å². The summed E-state index contributed by atoms with van der Waals surface area (Å²) in [4.78, 5) is 26.9. The fourth-order valence-electron chi connectivity index (χ4n) is 3.99. The van der Waals surface area contributed by atoms with E-state index in [9.17, 15) is 27.5 Å². The highest BCUT2D eigenvalue weighted by Crippen LogP contribution is 2.43. The summed E-state index contributed by atoms with van der Waals surface area (Å²) in [5, 5.41) is 11.3. The molecule has 0 saturated carbocycles. The van der Waals surface area contributed by atoms with Crippen LogP contribution in [0.25, 0.3) is 5.76 Å². The smallest absolute Gasteiger partial charge is 0.295 e. The van der Waals surface area contributed by atoms with Gasteiger partial charge < -0.3 is 10.0 Å². The van der Waals surface area contributed by atoms with Crippen LogP contribution in [-0.2, 0) is 19.4 Å². The van der Waals surface area contributed by atoms with Gasteiger partial charge in [0.1, 0.15) is 11.6 Å². The van der Waals surface area contributed by atoms with E-state index in [2.05, 4.69) is 0 Å². The number of aliphatic hydroxyl groups excluding tert-OH is 1. The maximum atomic E-state index is 14.7. The van der Waals surface area contributed by atoms with E-state index in [0.29, 0.717) is 5.02 Å². The van der Waals surface area contributed by atoms with Gasteiger partial charge in [-0.05, 0) is 36.8 Å². The van der Waals surface area contributed by atoms with E-state index in [1.165, 1.54) is 42.5 Å². The molecule has 4 rings (SSSR count). The number of amides is 1. The maximum Gasteiger partial charge on any atom is 0.295 e. The van der Waals surface area contributed by atoms with Gasteiger partial charge in [0.25, 0.3) is 11.7 Å². The third-order valence-electron chi connectivity index (χ3n) is 5.40. The third-order valence-corrected chi connectivity index (χ3v) is 7.40. The van der Waals surface area contributed by atoms with Crippen molar-refractivity contribution in [2.24, 2.45) is 0 Å². The Labute approximate surface area is 177 Å². The molecule has 2 aliphatic rings. The normalized spacial score (nSPS) is 25.1. The van der Waals surface area contributed by atoms with E-state index in [-0.39, 0.29) is 34.6 Å². The number of sulfone groups is 1. The highest BCUT2D eigenvalue weighted by molar-refractivity contribution is 7.91. The van der Waals surface area contributed by atoms with Crippen LogP contribution in [0.2, 0.25) is 5.02 Å². The van der Waals surface area contributed by atoms with Crippen molar-refractivity contribution in [3.63, 3.8) is 0 Å². The summed E-state index contributed by atoms with van der Waals surface area (Å²) in [7, 11) is -3.38. The van der Waals surface area contributed by atoms with Crippen LogP contribution in [0.15, 0.2) is 54.1 Å². The van der Waals surface area contributed by atoms with E-state index in [0.717, 1.165) is 4.90 Å². The zero-order valence-corrected chi connectivity index (χ0v) is 17.2. The van der Waals surface area contributed by atoms with Gasteiger partial charge in [0.2, 0.25) is 0 Å². The van der Waals surface area contributed by atoms with E-state index in [1.54, 1.807) is 6.07 Å². The van der Waals surface area contributed by atoms with Crippen LogP contribution < -0.4 is 0 Å². The maximum absolute atomic E-state index is 14.7. The van der Waals surface area contributed by atoms with Crippen molar-refractivity contribution in [2.75, 3.05) is 11.5 Å². The summed E-state index contributed by atoms with van der Waals surface area (Å²) in [6, 6.07) is 9.55. The van der Waals surface area contributed by atoms with Gasteiger partial charge in [-0.2, -0.15) is 0 Å². The quantitative estimate of drug-likeness (QED) is 0.441. The van der Waals surface area contributed by atoms with Crippen molar-refractivity contribution in [1.29, 1.82) is 0 Å². The zero-order chi connectivity index (χ0) is 21.6. The molecule has 0 aliphatic carbocycles. The molecule has 1 N–H and O–H groups in total. The summed E-state index contributed by atoms with van der Waals surface area (Å²) in [6.45, 7) is 0. The minimum absolute atomic E-state index is 0.0107. The number of carbonyl (C=O) groups excluding carboxylic acids is 2. The number of hydrogen-bond donors (Lipinski definition) is 1. The molecule has 2 fully saturated rings. The summed E-state index contributed by atoms with van der Waals surface area (Å²) in [5.41, 5.74) is -0.0361. The lowest BCUT2D eigenvalue weighted by Gasteiger charge is -2.30. The molecule has 2 aromatic rings. The zero-order valence-electron chi connectivity index (χ0n) is 15.6. The predicted octanol–water partition coefficient (Wildman–Crippen LogP) is 3.09. The number of hydrogen-bond acceptors (Lipinski definition) is 5. The Balaban J connectivity index is 1.91. The summed E-state index contributed by atoms with van der Waals surface area (Å²) >= 11 is 5.88. The molecule has 156 valence electrons. The lowest BCUT2D eigenvalue weighted by Crippen LogP contribution is -2.40. The molecule has 2 saturated heterocycles. The molecule has 2 atom stereocenters. The number of Topliss-reactive ketones (excluding diaryl/α,β-unsaturated/α-hetero) is 1. The Bertz CT molecular complexity index is 1180. The second-order valence-electron chi connectivity index (χ2n) is 7.29. The molecule has 6 nitrogen and oxygen atoms in total. The van der Waals surface area contributed by atoms with Crippen LogP contribution in [0.4, 0.5) is 4.39 Å². The first-order chi connectivity index (χ1) is 14.2. The number of aliphatic hydroxyl groups is 1. The molecular weight excluding hydrogens is 433 g/mol. The largest absolute Gasteiger partial charge is 0.507 e. The Morgan fingerprint density at radius 2 is 1.77 bits per heavy atom. The SMILES string of the molecule is O=C1C(=O)N(C2CCS(=O)(=O)C2)C(c2ccccc2F)/C1=C(\O)c1ccc(Cl)cc1. The highest BCUT2D eigenvalue weighted by Gasteiger charge is 2.51. The van der Waals surface area contributed by atoms with Gasteiger partial charge in [-0.3, -0.25) is 9.59 Å². The van der Waals surface area contributed by atoms with Gasteiger partial charge in [0.15, 0.2) is 9.84 Å². The topological polar surface area (TPSA) is 91.8 Å². The van der Waals surface area contributed by atoms with Crippen LogP contribution in [0.5, 0.6) is 0 Å². The van der Waals surface area contributed by atoms with E-state index < -0.39 is 45.2 Å². The molecule has 30 heavy (non-hydrogen) atoms. The Morgan fingerprint density at radius 1 is 1.10 bits per heavy atom. The number of likely N-dealkylation sites (tertiary alicyclic amines) is 1. The second kappa shape index (κ2) is 7.52. The molecule has 0 aromatic heterocycles. The molecule has 2 aliphatic heterocycles. The average Bonchev–Trinajstić information content (AvgIpc) is 3.19. The predicted molar refractivity (Wildman–Crippen MR) is 109 cm³/mol. The first kappa shape index (κ1) is 20.6. The van der Waals surface area contributed by atoms with Crippen molar-refractivity contribution >= 4 is 38.9 Å². The van der Waals surface area contributed by atoms with Gasteiger partial charge in [-0.15, -0.1) is 0 Å². The van der Waals surface area contributed by atoms with Gasteiger partial charge >= 0.3 is 0 Å². The third kappa shape index (κ3) is 3.50. The standard InChI is InChI=1S/C21H17ClFNO5S/c22-13-7-5-12(6-8-13)19(25)17-18(15-3-1-2-4-16(15)23)24(21(27)20(17)26)14-9-10-30(28,29)11-14/h1-8,14,18,25H,9-11H2/b19-17+. The molecular formula is C21H17ClFNO5S. The first-order valence-electron chi connectivity index (χ1n) is 9.20. The van der Waals surface area contributed by atoms with Crippen molar-refractivity contribution < 1.29 is 27.5 Å². The minimum atomic E-state index is -3.38. The van der Waals surface area contributed by atoms with Crippen LogP contribution in [0.1, 0.15) is 23.6 Å². The number of benzene rings is 2. The molecule has 0 radical (unpaired) electrons. The van der Waals surface area contributed by atoms with Crippen LogP contribution in [0, 0.1) is 5.82 Å². The Hall–Kier alpha value is -2.71. The summed E-state index contributed by atoms with van der Waals surface area (Å²) in [5.74, 6) is -3.52. The van der Waals surface area contributed by atoms with Gasteiger partial charge in [0, 0.05) is 22.2 Å². The minimum Gasteiger partial charge on any atom is -0.507 e. The van der Waals surface area contributed by atoms with E-state index >= 15 is 0 Å². The van der Waals surface area contributed by atoms with Crippen LogP contribution in [0.3, 0.4) is 0 Å². The lowest BCUT2D eigenvalue weighted by molar-refractivity contribution is -0.141. The monoisotopic (exact) mass is 449 g/mol. The van der Waals surface area contributed by atoms with E-state index in [1.807, 2.05) is 0 Å². The lowest BCUT2D eigenvalue weighted by atomic mass is 9.94. The van der Waals surface area contributed by atoms with Crippen molar-refractivity contribution in [1.82, 2.24) is 4.90 Å². The second-order valence-corrected chi connectivity index (χ2v) is 9.96. The Kier molecular flexibility index (Phi) is 5.15. The van der Waals surface area contributed by atoms with Gasteiger partial charge in [-0.1, -0.05) is 29.8 Å². The fraction of sp³-hybridized carbons (Fsp3) is 0.238. The van der Waals surface area contributed by atoms with Crippen molar-refractivity contribution in [3.05, 3.63) is 76.1 Å². The number of halogens is 2. The summed E-state index contributed by atoms with van der Waals surface area (Å²) < 4.78 is 38.7. The number of nitrogens with zero attached hydrogens (tertiary/aromatic N) is 1. The molecule has 2 heterocycles. The summed E-state index contributed by atoms with van der Waals surface area (Å²) in [6.07, 6.45) is 0.140. The van der Waals surface area contributed by atoms with Crippen LogP contribution >= 0.6 is 11.6 Å². The van der Waals surface area contributed by atoms with Crippen molar-refractivity contribution in [3.8, 4) is 0 Å². The molecule has 1 amide bonds. The fourth-order valence-corrected chi connectivity index (χ4v) is 5.82. The first-order valence-corrected chi connectivity index (χ1v) is 11.4. The number of rotatable bonds is 3. The molecule has 0 spiro atoms. The Morgan fingerprint density at radius 3 is 2.37 bits per heavy atom. The molecule has 9 heteroatoms. The van der Waals surface area contributed by atoms with Gasteiger partial charge in [-0.25, -0.2) is 12.8 Å². The number of carbonyl (C=O) groups is 2. The van der Waals surface area contributed by atoms with Gasteiger partial charge in [0.05, 0.1) is 23.1 Å². The molecule has 2 unspecified atom stereocenters.